The molecule has 3 N–H and O–H groups in total. The fourth-order valence-electron chi connectivity index (χ4n) is 3.32. The van der Waals surface area contributed by atoms with Gasteiger partial charge in [-0.15, -0.1) is 0 Å². The number of halogens is 1. The molecule has 2 atom stereocenters. The number of aliphatic hydroxyl groups is 1. The maximum atomic E-state index is 12.2. The Bertz CT molecular complexity index is 512. The highest BCUT2D eigenvalue weighted by Crippen LogP contribution is 2.58. The van der Waals surface area contributed by atoms with E-state index in [1.165, 1.54) is 0 Å². The molecule has 2 fully saturated rings. The summed E-state index contributed by atoms with van der Waals surface area (Å²) in [5.74, 6) is 0.224. The van der Waals surface area contributed by atoms with Crippen LogP contribution in [0.15, 0.2) is 24.3 Å². The van der Waals surface area contributed by atoms with Crippen molar-refractivity contribution in [3.05, 3.63) is 34.9 Å². The van der Waals surface area contributed by atoms with Crippen molar-refractivity contribution >= 4 is 17.5 Å². The average Bonchev–Trinajstić information content (AvgIpc) is 3.19. The molecule has 1 saturated carbocycles. The molecule has 5 heteroatoms. The van der Waals surface area contributed by atoms with E-state index in [-0.39, 0.29) is 23.8 Å². The second kappa shape index (κ2) is 5.95. The molecule has 0 aromatic heterocycles. The minimum absolute atomic E-state index is 0.0879. The molecule has 1 aliphatic carbocycles. The Balaban J connectivity index is 1.49. The summed E-state index contributed by atoms with van der Waals surface area (Å²) in [6, 6.07) is 7.05. The van der Waals surface area contributed by atoms with E-state index in [4.69, 9.17) is 11.6 Å². The molecule has 0 radical (unpaired) electrons. The molecule has 21 heavy (non-hydrogen) atoms. The van der Waals surface area contributed by atoms with Gasteiger partial charge in [0.1, 0.15) is 0 Å². The van der Waals surface area contributed by atoms with Crippen molar-refractivity contribution < 1.29 is 9.90 Å². The van der Waals surface area contributed by atoms with Gasteiger partial charge < -0.3 is 15.7 Å². The van der Waals surface area contributed by atoms with E-state index in [0.29, 0.717) is 5.02 Å². The third-order valence-electron chi connectivity index (χ3n) is 4.83. The normalized spacial score (nSPS) is 24.6. The van der Waals surface area contributed by atoms with Gasteiger partial charge >= 0.3 is 0 Å². The summed E-state index contributed by atoms with van der Waals surface area (Å²) in [7, 11) is 0. The lowest BCUT2D eigenvalue weighted by atomic mass is 9.92. The molecular weight excluding hydrogens is 288 g/mol. The predicted octanol–water partition coefficient (Wildman–Crippen LogP) is 1.88. The number of amides is 1. The minimum Gasteiger partial charge on any atom is -0.387 e. The Labute approximate surface area is 129 Å². The van der Waals surface area contributed by atoms with Gasteiger partial charge in [0.2, 0.25) is 5.91 Å². The molecule has 1 aromatic rings. The first-order chi connectivity index (χ1) is 10.1. The topological polar surface area (TPSA) is 61.4 Å². The van der Waals surface area contributed by atoms with E-state index in [0.717, 1.165) is 37.9 Å². The number of carbonyl (C=O) groups is 1. The summed E-state index contributed by atoms with van der Waals surface area (Å²) < 4.78 is 0. The van der Waals surface area contributed by atoms with E-state index < -0.39 is 6.10 Å². The Kier molecular flexibility index (Phi) is 4.20. The van der Waals surface area contributed by atoms with Crippen molar-refractivity contribution in [3.8, 4) is 0 Å². The average molecular weight is 309 g/mol. The number of aliphatic hydroxyl groups excluding tert-OH is 1. The third kappa shape index (κ3) is 3.23. The highest BCUT2D eigenvalue weighted by atomic mass is 35.5. The number of nitrogens with one attached hydrogen (secondary N) is 2. The first kappa shape index (κ1) is 14.8. The molecule has 2 aliphatic rings. The Morgan fingerprint density at radius 3 is 2.71 bits per heavy atom. The summed E-state index contributed by atoms with van der Waals surface area (Å²) in [5.41, 5.74) is 1.01. The van der Waals surface area contributed by atoms with Gasteiger partial charge in [-0.1, -0.05) is 23.7 Å². The van der Waals surface area contributed by atoms with Crippen molar-refractivity contribution in [2.75, 3.05) is 19.6 Å². The van der Waals surface area contributed by atoms with Crippen LogP contribution in [0.1, 0.15) is 30.9 Å². The maximum Gasteiger partial charge on any atom is 0.223 e. The molecule has 1 amide bonds. The van der Waals surface area contributed by atoms with Crippen molar-refractivity contribution in [2.45, 2.75) is 25.4 Å². The molecule has 1 saturated heterocycles. The highest BCUT2D eigenvalue weighted by molar-refractivity contribution is 6.30. The van der Waals surface area contributed by atoms with Crippen molar-refractivity contribution in [1.82, 2.24) is 10.6 Å². The Hall–Kier alpha value is -1.10. The van der Waals surface area contributed by atoms with Crippen LogP contribution in [0.4, 0.5) is 0 Å². The smallest absolute Gasteiger partial charge is 0.223 e. The summed E-state index contributed by atoms with van der Waals surface area (Å²) in [6.07, 6.45) is 2.49. The standard InChI is InChI=1S/C16H21ClN2O2/c17-12-3-1-11(2-4-12)14(20)10-19-15(21)13-9-16(13)5-7-18-8-6-16/h1-4,13-14,18,20H,5-10H2,(H,19,21). The van der Waals surface area contributed by atoms with Crippen LogP contribution in [0.2, 0.25) is 5.02 Å². The molecule has 2 unspecified atom stereocenters. The molecule has 3 rings (SSSR count). The molecular formula is C16H21ClN2O2. The van der Waals surface area contributed by atoms with Gasteiger partial charge in [-0.3, -0.25) is 4.79 Å². The Morgan fingerprint density at radius 1 is 1.38 bits per heavy atom. The summed E-state index contributed by atoms with van der Waals surface area (Å²) in [4.78, 5) is 12.2. The second-order valence-electron chi connectivity index (χ2n) is 6.18. The molecule has 1 spiro atoms. The SMILES string of the molecule is O=C(NCC(O)c1ccc(Cl)cc1)C1CC12CCNCC2. The largest absolute Gasteiger partial charge is 0.387 e. The lowest BCUT2D eigenvalue weighted by Gasteiger charge is -2.23. The number of rotatable bonds is 4. The fourth-order valence-corrected chi connectivity index (χ4v) is 3.44. The van der Waals surface area contributed by atoms with Crippen LogP contribution in [-0.4, -0.2) is 30.6 Å². The van der Waals surface area contributed by atoms with Gasteiger partial charge in [-0.25, -0.2) is 0 Å². The monoisotopic (exact) mass is 308 g/mol. The van der Waals surface area contributed by atoms with E-state index in [1.54, 1.807) is 24.3 Å². The molecule has 114 valence electrons. The van der Waals surface area contributed by atoms with Crippen molar-refractivity contribution in [3.63, 3.8) is 0 Å². The first-order valence-corrected chi connectivity index (χ1v) is 7.90. The quantitative estimate of drug-likeness (QED) is 0.796. The summed E-state index contributed by atoms with van der Waals surface area (Å²) in [6.45, 7) is 2.28. The van der Waals surface area contributed by atoms with Crippen LogP contribution in [0.5, 0.6) is 0 Å². The number of hydrogen-bond donors (Lipinski definition) is 3. The predicted molar refractivity (Wildman–Crippen MR) is 82.1 cm³/mol. The van der Waals surface area contributed by atoms with Crippen molar-refractivity contribution in [2.24, 2.45) is 11.3 Å². The molecule has 1 aliphatic heterocycles. The zero-order valence-corrected chi connectivity index (χ0v) is 12.7. The van der Waals surface area contributed by atoms with Crippen molar-refractivity contribution in [1.29, 1.82) is 0 Å². The van der Waals surface area contributed by atoms with Crippen LogP contribution < -0.4 is 10.6 Å². The van der Waals surface area contributed by atoms with E-state index in [9.17, 15) is 9.90 Å². The zero-order valence-electron chi connectivity index (χ0n) is 11.9. The van der Waals surface area contributed by atoms with Crippen LogP contribution in [0.3, 0.4) is 0 Å². The maximum absolute atomic E-state index is 12.2. The lowest BCUT2D eigenvalue weighted by molar-refractivity contribution is -0.123. The van der Waals surface area contributed by atoms with Gasteiger partial charge in [-0.2, -0.15) is 0 Å². The molecule has 1 aromatic carbocycles. The fraction of sp³-hybridized carbons (Fsp3) is 0.562. The highest BCUT2D eigenvalue weighted by Gasteiger charge is 2.57. The molecule has 0 bridgehead atoms. The van der Waals surface area contributed by atoms with E-state index >= 15 is 0 Å². The van der Waals surface area contributed by atoms with Crippen LogP contribution >= 0.6 is 11.6 Å². The second-order valence-corrected chi connectivity index (χ2v) is 6.62. The van der Waals surface area contributed by atoms with Gasteiger partial charge in [0, 0.05) is 17.5 Å². The van der Waals surface area contributed by atoms with Gasteiger partial charge in [0.05, 0.1) is 6.10 Å². The van der Waals surface area contributed by atoms with Gasteiger partial charge in [-0.05, 0) is 55.5 Å². The number of benzene rings is 1. The number of carbonyl (C=O) groups excluding carboxylic acids is 1. The molecule has 4 nitrogen and oxygen atoms in total. The summed E-state index contributed by atoms with van der Waals surface area (Å²) >= 11 is 5.82. The van der Waals surface area contributed by atoms with Gasteiger partial charge in [0.15, 0.2) is 0 Å². The number of piperidine rings is 1. The molecule has 1 heterocycles. The van der Waals surface area contributed by atoms with Crippen LogP contribution in [0.25, 0.3) is 0 Å². The summed E-state index contributed by atoms with van der Waals surface area (Å²) in [5, 5.41) is 17.0. The first-order valence-electron chi connectivity index (χ1n) is 7.53. The zero-order chi connectivity index (χ0) is 14.9. The Morgan fingerprint density at radius 2 is 2.05 bits per heavy atom. The third-order valence-corrected chi connectivity index (χ3v) is 5.08. The van der Waals surface area contributed by atoms with Crippen LogP contribution in [0, 0.1) is 11.3 Å². The lowest BCUT2D eigenvalue weighted by Crippen LogP contribution is -2.35. The van der Waals surface area contributed by atoms with E-state index in [1.807, 2.05) is 0 Å². The van der Waals surface area contributed by atoms with Gasteiger partial charge in [0.25, 0.3) is 0 Å². The van der Waals surface area contributed by atoms with Crippen LogP contribution in [-0.2, 0) is 4.79 Å². The number of hydrogen-bond acceptors (Lipinski definition) is 3. The van der Waals surface area contributed by atoms with E-state index in [2.05, 4.69) is 10.6 Å². The minimum atomic E-state index is -0.686.